The first-order chi connectivity index (χ1) is 17.5. The fraction of sp³-hybridized carbons (Fsp3) is 0.370. The minimum Gasteiger partial charge on any atom is -0.369 e. The van der Waals surface area contributed by atoms with Crippen molar-refractivity contribution in [2.24, 2.45) is 0 Å². The normalized spacial score (nSPS) is 18.9. The lowest BCUT2D eigenvalue weighted by atomic mass is 10.1. The van der Waals surface area contributed by atoms with E-state index < -0.39 is 0 Å². The summed E-state index contributed by atoms with van der Waals surface area (Å²) in [6.45, 7) is 10.2. The molecule has 9 heteroatoms. The summed E-state index contributed by atoms with van der Waals surface area (Å²) in [7, 11) is 2.16. The molecule has 2 fully saturated rings. The van der Waals surface area contributed by atoms with Gasteiger partial charge in [0.25, 0.3) is 5.56 Å². The van der Waals surface area contributed by atoms with Gasteiger partial charge in [-0.25, -0.2) is 0 Å². The number of fused-ring (bicyclic) bond motifs is 1. The fourth-order valence-electron chi connectivity index (χ4n) is 4.95. The molecule has 2 aliphatic rings. The largest absolute Gasteiger partial charge is 0.369 e. The van der Waals surface area contributed by atoms with Crippen molar-refractivity contribution < 1.29 is 4.79 Å². The molecule has 5 rings (SSSR count). The predicted octanol–water partition coefficient (Wildman–Crippen LogP) is 2.29. The van der Waals surface area contributed by atoms with Gasteiger partial charge in [0.05, 0.1) is 28.7 Å². The van der Waals surface area contributed by atoms with Crippen molar-refractivity contribution in [1.82, 2.24) is 25.1 Å². The van der Waals surface area contributed by atoms with Crippen LogP contribution in [0.1, 0.15) is 12.1 Å². The number of aromatic amines is 1. The zero-order valence-electron chi connectivity index (χ0n) is 20.7. The van der Waals surface area contributed by atoms with Crippen LogP contribution in [0.3, 0.4) is 0 Å². The van der Waals surface area contributed by atoms with E-state index in [1.807, 2.05) is 36.5 Å². The first kappa shape index (κ1) is 24.0. The van der Waals surface area contributed by atoms with E-state index in [1.165, 1.54) is 6.08 Å². The summed E-state index contributed by atoms with van der Waals surface area (Å²) in [5.74, 6) is -0.155. The molecule has 4 heterocycles. The van der Waals surface area contributed by atoms with Gasteiger partial charge in [-0.3, -0.25) is 19.5 Å². The Morgan fingerprint density at radius 3 is 2.78 bits per heavy atom. The number of benzene rings is 1. The number of anilines is 3. The topological polar surface area (TPSA) is 96.6 Å². The van der Waals surface area contributed by atoms with Crippen LogP contribution in [0, 0.1) is 0 Å². The first-order valence-corrected chi connectivity index (χ1v) is 12.4. The third-order valence-electron chi connectivity index (χ3n) is 7.03. The lowest BCUT2D eigenvalue weighted by Gasteiger charge is -2.32. The molecule has 36 heavy (non-hydrogen) atoms. The molecule has 0 spiro atoms. The molecule has 2 aliphatic heterocycles. The molecule has 3 N–H and O–H groups in total. The smallest absolute Gasteiger partial charge is 0.257 e. The quantitative estimate of drug-likeness (QED) is 0.440. The number of nitrogens with zero attached hydrogens (tertiary/aromatic N) is 4. The summed E-state index contributed by atoms with van der Waals surface area (Å²) in [5, 5.41) is 7.88. The lowest BCUT2D eigenvalue weighted by molar-refractivity contribution is -0.117. The van der Waals surface area contributed by atoms with Crippen LogP contribution < -0.4 is 21.1 Å². The van der Waals surface area contributed by atoms with Gasteiger partial charge in [-0.05, 0) is 55.3 Å². The van der Waals surface area contributed by atoms with Crippen LogP contribution in [0.5, 0.6) is 0 Å². The molecule has 0 bridgehead atoms. The van der Waals surface area contributed by atoms with E-state index in [2.05, 4.69) is 48.9 Å². The second-order valence-corrected chi connectivity index (χ2v) is 9.65. The number of aromatic nitrogens is 2. The fourth-order valence-corrected chi connectivity index (χ4v) is 4.95. The van der Waals surface area contributed by atoms with Crippen LogP contribution in [0.25, 0.3) is 10.8 Å². The SMILES string of the molecule is C=CC(=O)NC1CCN(c2cc(Nc3ccc(CN4CCN(C)CC4)nc3)c3c(=O)[nH]ccc3c2)C1. The van der Waals surface area contributed by atoms with Crippen molar-refractivity contribution >= 4 is 33.7 Å². The molecule has 1 atom stereocenters. The Hall–Kier alpha value is -3.69. The van der Waals surface area contributed by atoms with Crippen molar-refractivity contribution in [1.29, 1.82) is 0 Å². The van der Waals surface area contributed by atoms with Crippen molar-refractivity contribution in [2.75, 3.05) is 56.5 Å². The molecule has 9 nitrogen and oxygen atoms in total. The molecule has 188 valence electrons. The van der Waals surface area contributed by atoms with Crippen LogP contribution in [0.2, 0.25) is 0 Å². The number of nitrogens with one attached hydrogen (secondary N) is 3. The van der Waals surface area contributed by atoms with Gasteiger partial charge in [0.2, 0.25) is 5.91 Å². The van der Waals surface area contributed by atoms with Crippen LogP contribution in [0.15, 0.2) is 60.2 Å². The number of piperazine rings is 1. The van der Waals surface area contributed by atoms with Gasteiger partial charge in [0.15, 0.2) is 0 Å². The maximum Gasteiger partial charge on any atom is 0.257 e. The van der Waals surface area contributed by atoms with Crippen molar-refractivity contribution in [3.05, 3.63) is 71.4 Å². The van der Waals surface area contributed by atoms with E-state index >= 15 is 0 Å². The number of H-pyrrole nitrogens is 1. The van der Waals surface area contributed by atoms with Crippen LogP contribution in [-0.4, -0.2) is 78.0 Å². The maximum atomic E-state index is 12.7. The number of hydrogen-bond acceptors (Lipinski definition) is 7. The minimum atomic E-state index is -0.155. The number of likely N-dealkylation sites (N-methyl/N-ethyl adjacent to an activating group) is 1. The zero-order valence-corrected chi connectivity index (χ0v) is 20.7. The molecule has 3 aromatic rings. The summed E-state index contributed by atoms with van der Waals surface area (Å²) < 4.78 is 0. The number of rotatable bonds is 7. The van der Waals surface area contributed by atoms with Gasteiger partial charge in [0.1, 0.15) is 0 Å². The van der Waals surface area contributed by atoms with Crippen LogP contribution >= 0.6 is 0 Å². The van der Waals surface area contributed by atoms with Crippen molar-refractivity contribution in [3.63, 3.8) is 0 Å². The Bertz CT molecular complexity index is 1300. The van der Waals surface area contributed by atoms with Gasteiger partial charge >= 0.3 is 0 Å². The number of pyridine rings is 2. The third-order valence-corrected chi connectivity index (χ3v) is 7.03. The second kappa shape index (κ2) is 10.5. The van der Waals surface area contributed by atoms with E-state index in [9.17, 15) is 9.59 Å². The third kappa shape index (κ3) is 5.42. The summed E-state index contributed by atoms with van der Waals surface area (Å²) in [5.41, 5.74) is 3.46. The molecule has 1 unspecified atom stereocenters. The summed E-state index contributed by atoms with van der Waals surface area (Å²) in [6.07, 6.45) is 5.66. The maximum absolute atomic E-state index is 12.7. The van der Waals surface area contributed by atoms with E-state index in [-0.39, 0.29) is 17.5 Å². The van der Waals surface area contributed by atoms with Crippen molar-refractivity contribution in [2.45, 2.75) is 19.0 Å². The van der Waals surface area contributed by atoms with Gasteiger partial charge in [0, 0.05) is 63.7 Å². The molecular weight excluding hydrogens is 454 g/mol. The highest BCUT2D eigenvalue weighted by Crippen LogP contribution is 2.31. The Morgan fingerprint density at radius 1 is 1.19 bits per heavy atom. The standard InChI is InChI=1S/C27H33N7O2/c1-3-25(35)31-22-7-9-34(18-22)23-14-19-6-8-28-27(36)26(19)24(15-23)30-20-4-5-21(29-16-20)17-33-12-10-32(2)11-13-33/h3-6,8,14-16,22,30H,1,7,9-13,17-18H2,2H3,(H,28,36)(H,31,35). The molecule has 2 saturated heterocycles. The molecule has 0 saturated carbocycles. The molecule has 1 amide bonds. The van der Waals surface area contributed by atoms with E-state index in [1.54, 1.807) is 6.20 Å². The molecule has 1 aromatic carbocycles. The summed E-state index contributed by atoms with van der Waals surface area (Å²) >= 11 is 0. The van der Waals surface area contributed by atoms with E-state index in [4.69, 9.17) is 0 Å². The number of carbonyl (C=O) groups is 1. The Morgan fingerprint density at radius 2 is 2.03 bits per heavy atom. The van der Waals surface area contributed by atoms with Crippen LogP contribution in [0.4, 0.5) is 17.1 Å². The Balaban J connectivity index is 1.35. The van der Waals surface area contributed by atoms with E-state index in [0.717, 1.165) is 73.8 Å². The average molecular weight is 488 g/mol. The monoisotopic (exact) mass is 487 g/mol. The average Bonchev–Trinajstić information content (AvgIpc) is 3.35. The lowest BCUT2D eigenvalue weighted by Crippen LogP contribution is -2.43. The van der Waals surface area contributed by atoms with Gasteiger partial charge in [-0.1, -0.05) is 6.58 Å². The second-order valence-electron chi connectivity index (χ2n) is 9.65. The van der Waals surface area contributed by atoms with Gasteiger partial charge in [-0.2, -0.15) is 0 Å². The van der Waals surface area contributed by atoms with Crippen LogP contribution in [-0.2, 0) is 11.3 Å². The molecule has 0 aliphatic carbocycles. The predicted molar refractivity (Wildman–Crippen MR) is 144 cm³/mol. The van der Waals surface area contributed by atoms with Crippen molar-refractivity contribution in [3.8, 4) is 0 Å². The number of amides is 1. The highest BCUT2D eigenvalue weighted by Gasteiger charge is 2.24. The molecule has 0 radical (unpaired) electrons. The zero-order chi connectivity index (χ0) is 25.1. The Kier molecular flexibility index (Phi) is 7.02. The van der Waals surface area contributed by atoms with E-state index in [0.29, 0.717) is 11.9 Å². The van der Waals surface area contributed by atoms with Gasteiger partial charge in [-0.15, -0.1) is 0 Å². The number of hydrogen-bond donors (Lipinski definition) is 3. The molecular formula is C27H33N7O2. The Labute approximate surface area is 210 Å². The number of carbonyl (C=O) groups excluding carboxylic acids is 1. The van der Waals surface area contributed by atoms with Gasteiger partial charge < -0.3 is 25.4 Å². The summed E-state index contributed by atoms with van der Waals surface area (Å²) in [6, 6.07) is 10.1. The highest BCUT2D eigenvalue weighted by molar-refractivity contribution is 5.97. The minimum absolute atomic E-state index is 0.0684. The summed E-state index contributed by atoms with van der Waals surface area (Å²) in [4.78, 5) is 38.9. The molecule has 2 aromatic heterocycles. The first-order valence-electron chi connectivity index (χ1n) is 12.4. The highest BCUT2D eigenvalue weighted by atomic mass is 16.1.